The van der Waals surface area contributed by atoms with E-state index in [1.165, 1.54) is 64.2 Å². The Kier molecular flexibility index (Phi) is 22.0. The molecular formula is C24H45NO2. The van der Waals surface area contributed by atoms with Crippen LogP contribution in [0.25, 0.3) is 0 Å². The first kappa shape index (κ1) is 25.9. The molecule has 0 aliphatic rings. The first-order valence-electron chi connectivity index (χ1n) is 11.5. The molecule has 0 amide bonds. The van der Waals surface area contributed by atoms with E-state index in [1.54, 1.807) is 0 Å². The van der Waals surface area contributed by atoms with Gasteiger partial charge < -0.3 is 10.5 Å². The van der Waals surface area contributed by atoms with Gasteiger partial charge in [0.2, 0.25) is 0 Å². The molecule has 27 heavy (non-hydrogen) atoms. The number of hydrogen-bond donors (Lipinski definition) is 1. The van der Waals surface area contributed by atoms with Crippen molar-refractivity contribution in [2.45, 2.75) is 110 Å². The number of hydrogen-bond acceptors (Lipinski definition) is 3. The molecular weight excluding hydrogens is 334 g/mol. The van der Waals surface area contributed by atoms with Crippen molar-refractivity contribution in [1.29, 1.82) is 0 Å². The maximum Gasteiger partial charge on any atom is 0.305 e. The summed E-state index contributed by atoms with van der Waals surface area (Å²) in [6, 6.07) is 0. The molecule has 0 aromatic carbocycles. The largest absolute Gasteiger partial charge is 0.466 e. The molecule has 0 heterocycles. The zero-order valence-electron chi connectivity index (χ0n) is 17.9. The zero-order chi connectivity index (χ0) is 19.8. The van der Waals surface area contributed by atoms with Gasteiger partial charge in [0.15, 0.2) is 0 Å². The van der Waals surface area contributed by atoms with E-state index in [9.17, 15) is 4.79 Å². The predicted molar refractivity (Wildman–Crippen MR) is 118 cm³/mol. The summed E-state index contributed by atoms with van der Waals surface area (Å²) in [5.74, 6) is -0.0467. The highest BCUT2D eigenvalue weighted by molar-refractivity contribution is 5.69. The number of nitrogens with two attached hydrogens (primary N) is 1. The minimum Gasteiger partial charge on any atom is -0.466 e. The lowest BCUT2D eigenvalue weighted by Crippen LogP contribution is -2.06. The molecule has 2 N–H and O–H groups in total. The van der Waals surface area contributed by atoms with Gasteiger partial charge in [-0.3, -0.25) is 4.79 Å². The van der Waals surface area contributed by atoms with Gasteiger partial charge in [-0.25, -0.2) is 0 Å². The molecule has 0 atom stereocenters. The van der Waals surface area contributed by atoms with Crippen LogP contribution < -0.4 is 5.73 Å². The first-order chi connectivity index (χ1) is 13.3. The molecule has 0 aliphatic carbocycles. The van der Waals surface area contributed by atoms with Gasteiger partial charge in [0.05, 0.1) is 6.61 Å². The third-order valence-electron chi connectivity index (χ3n) is 4.69. The SMILES string of the molecule is CCCCC/C=C\C/C=C\CCCCCCCCOC(=O)CCCCCN. The number of allylic oxidation sites excluding steroid dienone is 4. The van der Waals surface area contributed by atoms with E-state index in [4.69, 9.17) is 10.5 Å². The third kappa shape index (κ3) is 22.9. The highest BCUT2D eigenvalue weighted by Crippen LogP contribution is 2.09. The highest BCUT2D eigenvalue weighted by Gasteiger charge is 2.01. The molecule has 0 saturated carbocycles. The lowest BCUT2D eigenvalue weighted by molar-refractivity contribution is -0.143. The first-order valence-corrected chi connectivity index (χ1v) is 11.5. The van der Waals surface area contributed by atoms with Crippen molar-refractivity contribution in [3.05, 3.63) is 24.3 Å². The molecule has 0 saturated heterocycles. The normalized spacial score (nSPS) is 11.6. The number of unbranched alkanes of at least 4 members (excludes halogenated alkanes) is 11. The monoisotopic (exact) mass is 379 g/mol. The van der Waals surface area contributed by atoms with Crippen LogP contribution in [0.2, 0.25) is 0 Å². The second kappa shape index (κ2) is 23.0. The summed E-state index contributed by atoms with van der Waals surface area (Å²) in [6.07, 6.45) is 27.5. The third-order valence-corrected chi connectivity index (χ3v) is 4.69. The molecule has 158 valence electrons. The van der Waals surface area contributed by atoms with E-state index in [-0.39, 0.29) is 5.97 Å². The average Bonchev–Trinajstić information content (AvgIpc) is 2.67. The lowest BCUT2D eigenvalue weighted by atomic mass is 10.1. The van der Waals surface area contributed by atoms with Crippen LogP contribution in [-0.4, -0.2) is 19.1 Å². The molecule has 0 bridgehead atoms. The van der Waals surface area contributed by atoms with Crippen LogP contribution in [0.5, 0.6) is 0 Å². The van der Waals surface area contributed by atoms with Crippen molar-refractivity contribution in [3.8, 4) is 0 Å². The Hall–Kier alpha value is -1.09. The standard InChI is InChI=1S/C24H45NO2/c1-2-3-4-5-6-7-8-9-10-11-12-13-14-15-16-20-23-27-24(26)21-18-17-19-22-25/h6-7,9-10H,2-5,8,11-23,25H2,1H3/b7-6-,10-9-. The second-order valence-corrected chi connectivity index (χ2v) is 7.40. The van der Waals surface area contributed by atoms with Gasteiger partial charge in [0.1, 0.15) is 0 Å². The van der Waals surface area contributed by atoms with Gasteiger partial charge in [0.25, 0.3) is 0 Å². The molecule has 0 rings (SSSR count). The summed E-state index contributed by atoms with van der Waals surface area (Å²) < 4.78 is 5.26. The number of rotatable bonds is 20. The molecule has 3 nitrogen and oxygen atoms in total. The van der Waals surface area contributed by atoms with Crippen LogP contribution in [0.4, 0.5) is 0 Å². The highest BCUT2D eigenvalue weighted by atomic mass is 16.5. The fraction of sp³-hybridized carbons (Fsp3) is 0.792. The Morgan fingerprint density at radius 1 is 0.741 bits per heavy atom. The maximum atomic E-state index is 11.5. The van der Waals surface area contributed by atoms with Crippen LogP contribution in [0.15, 0.2) is 24.3 Å². The Labute approximate surface area is 168 Å². The summed E-state index contributed by atoms with van der Waals surface area (Å²) >= 11 is 0. The van der Waals surface area contributed by atoms with Gasteiger partial charge in [0, 0.05) is 6.42 Å². The minimum atomic E-state index is -0.0467. The van der Waals surface area contributed by atoms with Gasteiger partial charge >= 0.3 is 5.97 Å². The van der Waals surface area contributed by atoms with E-state index in [1.807, 2.05) is 0 Å². The van der Waals surface area contributed by atoms with Crippen molar-refractivity contribution in [3.63, 3.8) is 0 Å². The zero-order valence-corrected chi connectivity index (χ0v) is 17.9. The summed E-state index contributed by atoms with van der Waals surface area (Å²) in [5.41, 5.74) is 5.43. The summed E-state index contributed by atoms with van der Waals surface area (Å²) in [4.78, 5) is 11.5. The minimum absolute atomic E-state index is 0.0467. The van der Waals surface area contributed by atoms with Crippen molar-refractivity contribution in [2.75, 3.05) is 13.2 Å². The van der Waals surface area contributed by atoms with Crippen LogP contribution >= 0.6 is 0 Å². The molecule has 0 aromatic rings. The Morgan fingerprint density at radius 3 is 2.00 bits per heavy atom. The molecule has 0 unspecified atom stereocenters. The molecule has 3 heteroatoms. The van der Waals surface area contributed by atoms with Crippen molar-refractivity contribution >= 4 is 5.97 Å². The van der Waals surface area contributed by atoms with Crippen LogP contribution in [0.3, 0.4) is 0 Å². The fourth-order valence-corrected chi connectivity index (χ4v) is 2.94. The van der Waals surface area contributed by atoms with Gasteiger partial charge in [-0.1, -0.05) is 76.2 Å². The van der Waals surface area contributed by atoms with Gasteiger partial charge in [-0.05, 0) is 57.9 Å². The predicted octanol–water partition coefficient (Wildman–Crippen LogP) is 6.86. The van der Waals surface area contributed by atoms with Crippen molar-refractivity contribution in [2.24, 2.45) is 5.73 Å². The van der Waals surface area contributed by atoms with Crippen LogP contribution in [-0.2, 0) is 9.53 Å². The number of carbonyl (C=O) groups excluding carboxylic acids is 1. The summed E-state index contributed by atoms with van der Waals surface area (Å²) in [7, 11) is 0. The Bertz CT molecular complexity index is 363. The Morgan fingerprint density at radius 2 is 1.33 bits per heavy atom. The van der Waals surface area contributed by atoms with E-state index in [2.05, 4.69) is 31.2 Å². The topological polar surface area (TPSA) is 52.3 Å². The molecule has 0 aromatic heterocycles. The smallest absolute Gasteiger partial charge is 0.305 e. The lowest BCUT2D eigenvalue weighted by Gasteiger charge is -2.05. The van der Waals surface area contributed by atoms with Gasteiger partial charge in [-0.2, -0.15) is 0 Å². The molecule has 0 fully saturated rings. The van der Waals surface area contributed by atoms with Crippen molar-refractivity contribution in [1.82, 2.24) is 0 Å². The second-order valence-electron chi connectivity index (χ2n) is 7.40. The van der Waals surface area contributed by atoms with Crippen LogP contribution in [0.1, 0.15) is 110 Å². The van der Waals surface area contributed by atoms with E-state index in [0.717, 1.165) is 32.1 Å². The average molecular weight is 380 g/mol. The molecule has 0 radical (unpaired) electrons. The number of ether oxygens (including phenoxy) is 1. The van der Waals surface area contributed by atoms with Crippen molar-refractivity contribution < 1.29 is 9.53 Å². The molecule has 0 aliphatic heterocycles. The van der Waals surface area contributed by atoms with E-state index >= 15 is 0 Å². The number of carbonyl (C=O) groups is 1. The fourth-order valence-electron chi connectivity index (χ4n) is 2.94. The maximum absolute atomic E-state index is 11.5. The van der Waals surface area contributed by atoms with Gasteiger partial charge in [-0.15, -0.1) is 0 Å². The van der Waals surface area contributed by atoms with E-state index in [0.29, 0.717) is 19.6 Å². The number of esters is 1. The summed E-state index contributed by atoms with van der Waals surface area (Å²) in [5, 5.41) is 0. The quantitative estimate of drug-likeness (QED) is 0.143. The van der Waals surface area contributed by atoms with Crippen LogP contribution in [0, 0.1) is 0 Å². The Balaban J connectivity index is 3.22. The molecule has 0 spiro atoms. The summed E-state index contributed by atoms with van der Waals surface area (Å²) in [6.45, 7) is 3.55. The van der Waals surface area contributed by atoms with E-state index < -0.39 is 0 Å².